The summed E-state index contributed by atoms with van der Waals surface area (Å²) in [7, 11) is 0. The van der Waals surface area contributed by atoms with Crippen molar-refractivity contribution in [2.75, 3.05) is 18.5 Å². The first-order valence-corrected chi connectivity index (χ1v) is 8.92. The molecule has 0 bridgehead atoms. The lowest BCUT2D eigenvalue weighted by molar-refractivity contribution is -0.0383. The summed E-state index contributed by atoms with van der Waals surface area (Å²) in [4.78, 5) is 25.0. The molecule has 1 aromatic heterocycles. The molecule has 3 amide bonds. The van der Waals surface area contributed by atoms with Gasteiger partial charge in [-0.3, -0.25) is 10.1 Å². The van der Waals surface area contributed by atoms with Gasteiger partial charge < -0.3 is 20.5 Å². The molecular weight excluding hydrogens is 330 g/mol. The Morgan fingerprint density at radius 1 is 1.42 bits per heavy atom. The van der Waals surface area contributed by atoms with E-state index in [9.17, 15) is 9.59 Å². The molecule has 0 radical (unpaired) electrons. The zero-order valence-corrected chi connectivity index (χ0v) is 14.8. The Morgan fingerprint density at radius 2 is 2.21 bits per heavy atom. The maximum atomic E-state index is 12.1. The lowest BCUT2D eigenvalue weighted by atomic mass is 9.93. The van der Waals surface area contributed by atoms with Crippen LogP contribution < -0.4 is 16.4 Å². The summed E-state index contributed by atoms with van der Waals surface area (Å²) < 4.78 is 11.2. The molecule has 1 fully saturated rings. The van der Waals surface area contributed by atoms with Crippen LogP contribution >= 0.6 is 11.3 Å². The van der Waals surface area contributed by atoms with Gasteiger partial charge in [0.25, 0.3) is 5.91 Å². The van der Waals surface area contributed by atoms with Crippen LogP contribution in [0.5, 0.6) is 0 Å². The number of rotatable bonds is 4. The number of amides is 3. The third-order valence-corrected chi connectivity index (χ3v) is 5.40. The Hall–Kier alpha value is -1.64. The smallest absolute Gasteiger partial charge is 0.319 e. The fourth-order valence-corrected chi connectivity index (χ4v) is 4.19. The highest BCUT2D eigenvalue weighted by Crippen LogP contribution is 2.40. The lowest BCUT2D eigenvalue weighted by Gasteiger charge is -2.30. The van der Waals surface area contributed by atoms with Crippen LogP contribution in [0.1, 0.15) is 47.5 Å². The lowest BCUT2D eigenvalue weighted by Crippen LogP contribution is -2.35. The minimum absolute atomic E-state index is 0.0668. The first-order chi connectivity index (χ1) is 11.4. The molecular formula is C16H23N3O4S. The molecule has 0 spiro atoms. The molecule has 8 heteroatoms. The van der Waals surface area contributed by atoms with Gasteiger partial charge in [-0.25, -0.2) is 4.79 Å². The second kappa shape index (κ2) is 6.70. The number of nitrogens with one attached hydrogen (secondary N) is 2. The van der Waals surface area contributed by atoms with Gasteiger partial charge in [0.15, 0.2) is 0 Å². The maximum Gasteiger partial charge on any atom is 0.319 e. The molecule has 1 saturated heterocycles. The number of carbonyl (C=O) groups excluding carboxylic acids is 2. The zero-order chi connectivity index (χ0) is 17.3. The molecule has 0 saturated carbocycles. The van der Waals surface area contributed by atoms with Crippen LogP contribution in [0.25, 0.3) is 0 Å². The van der Waals surface area contributed by atoms with E-state index in [0.29, 0.717) is 30.1 Å². The van der Waals surface area contributed by atoms with Crippen LogP contribution in [-0.2, 0) is 22.5 Å². The van der Waals surface area contributed by atoms with E-state index < -0.39 is 5.91 Å². The average Bonchev–Trinajstić information content (AvgIpc) is 3.11. The average molecular weight is 353 g/mol. The summed E-state index contributed by atoms with van der Waals surface area (Å²) in [5, 5.41) is 6.03. The van der Waals surface area contributed by atoms with Gasteiger partial charge in [0.05, 0.1) is 23.9 Å². The van der Waals surface area contributed by atoms with Crippen molar-refractivity contribution in [1.29, 1.82) is 0 Å². The molecule has 24 heavy (non-hydrogen) atoms. The van der Waals surface area contributed by atoms with Gasteiger partial charge in [0, 0.05) is 24.4 Å². The normalized spacial score (nSPS) is 22.0. The summed E-state index contributed by atoms with van der Waals surface area (Å²) >= 11 is 1.35. The van der Waals surface area contributed by atoms with E-state index in [1.807, 2.05) is 13.8 Å². The molecule has 2 aliphatic rings. The maximum absolute atomic E-state index is 12.1. The van der Waals surface area contributed by atoms with Gasteiger partial charge >= 0.3 is 6.03 Å². The first-order valence-electron chi connectivity index (χ1n) is 8.10. The van der Waals surface area contributed by atoms with E-state index in [1.165, 1.54) is 11.3 Å². The number of urea groups is 1. The van der Waals surface area contributed by atoms with Crippen LogP contribution in [0.2, 0.25) is 0 Å². The van der Waals surface area contributed by atoms with Crippen molar-refractivity contribution >= 4 is 28.3 Å². The molecule has 0 aromatic carbocycles. The molecule has 0 unspecified atom stereocenters. The highest BCUT2D eigenvalue weighted by molar-refractivity contribution is 7.17. The van der Waals surface area contributed by atoms with Crippen molar-refractivity contribution in [1.82, 2.24) is 5.32 Å². The number of carbonyl (C=O) groups is 2. The highest BCUT2D eigenvalue weighted by Gasteiger charge is 2.33. The van der Waals surface area contributed by atoms with Crippen molar-refractivity contribution in [2.45, 2.75) is 51.4 Å². The molecule has 7 nitrogen and oxygen atoms in total. The number of nitrogens with two attached hydrogens (primary N) is 1. The van der Waals surface area contributed by atoms with Gasteiger partial charge in [0.2, 0.25) is 0 Å². The van der Waals surface area contributed by atoms with Gasteiger partial charge in [-0.15, -0.1) is 11.3 Å². The fourth-order valence-electron chi connectivity index (χ4n) is 3.06. The van der Waals surface area contributed by atoms with E-state index >= 15 is 0 Å². The van der Waals surface area contributed by atoms with Crippen LogP contribution in [0.3, 0.4) is 0 Å². The zero-order valence-electron chi connectivity index (χ0n) is 13.9. The molecule has 3 rings (SSSR count). The number of hydrogen-bond donors (Lipinski definition) is 3. The Labute approximate surface area is 144 Å². The minimum Gasteiger partial charge on any atom is -0.376 e. The predicted octanol–water partition coefficient (Wildman–Crippen LogP) is 2.00. The van der Waals surface area contributed by atoms with E-state index in [2.05, 4.69) is 10.6 Å². The number of hydrogen-bond acceptors (Lipinski definition) is 5. The van der Waals surface area contributed by atoms with Gasteiger partial charge in [-0.2, -0.15) is 0 Å². The quantitative estimate of drug-likeness (QED) is 0.770. The van der Waals surface area contributed by atoms with Crippen LogP contribution in [0, 0.1) is 0 Å². The first kappa shape index (κ1) is 17.2. The number of primary amides is 1. The van der Waals surface area contributed by atoms with Crippen molar-refractivity contribution in [3.63, 3.8) is 0 Å². The number of thiophene rings is 1. The van der Waals surface area contributed by atoms with Crippen molar-refractivity contribution in [2.24, 2.45) is 5.73 Å². The van der Waals surface area contributed by atoms with E-state index in [4.69, 9.17) is 15.2 Å². The molecule has 3 heterocycles. The number of fused-ring (bicyclic) bond motifs is 1. The van der Waals surface area contributed by atoms with Crippen molar-refractivity contribution in [3.8, 4) is 0 Å². The van der Waals surface area contributed by atoms with Gasteiger partial charge in [-0.1, -0.05) is 0 Å². The largest absolute Gasteiger partial charge is 0.376 e. The number of ether oxygens (including phenoxy) is 2. The van der Waals surface area contributed by atoms with E-state index in [1.54, 1.807) is 0 Å². The van der Waals surface area contributed by atoms with Gasteiger partial charge in [0.1, 0.15) is 5.00 Å². The number of anilines is 1. The summed E-state index contributed by atoms with van der Waals surface area (Å²) in [5.74, 6) is -0.528. The Kier molecular flexibility index (Phi) is 4.80. The second-order valence-electron chi connectivity index (χ2n) is 6.77. The molecule has 132 valence electrons. The van der Waals surface area contributed by atoms with Crippen molar-refractivity contribution < 1.29 is 19.1 Å². The summed E-state index contributed by atoms with van der Waals surface area (Å²) in [5.41, 5.74) is 6.50. The Morgan fingerprint density at radius 3 is 2.88 bits per heavy atom. The van der Waals surface area contributed by atoms with E-state index in [-0.39, 0.29) is 17.7 Å². The predicted molar refractivity (Wildman–Crippen MR) is 91.4 cm³/mol. The van der Waals surface area contributed by atoms with Crippen LogP contribution in [0.15, 0.2) is 0 Å². The molecule has 1 atom stereocenters. The van der Waals surface area contributed by atoms with E-state index in [0.717, 1.165) is 29.9 Å². The summed E-state index contributed by atoms with van der Waals surface area (Å²) in [6, 6.07) is -0.355. The highest BCUT2D eigenvalue weighted by atomic mass is 32.1. The molecule has 2 aliphatic heterocycles. The minimum atomic E-state index is -0.528. The monoisotopic (exact) mass is 353 g/mol. The summed E-state index contributed by atoms with van der Waals surface area (Å²) in [6.45, 7) is 5.57. The van der Waals surface area contributed by atoms with Gasteiger partial charge in [-0.05, 0) is 32.3 Å². The Bertz CT molecular complexity index is 650. The molecule has 1 aromatic rings. The topological polar surface area (TPSA) is 103 Å². The SMILES string of the molecule is CC1(C)Cc2c(sc(NC(=O)NC[C@H]3CCCO3)c2C(N)=O)CO1. The molecule has 4 N–H and O–H groups in total. The second-order valence-corrected chi connectivity index (χ2v) is 7.87. The molecule has 0 aliphatic carbocycles. The van der Waals surface area contributed by atoms with Crippen molar-refractivity contribution in [3.05, 3.63) is 16.0 Å². The Balaban J connectivity index is 1.72. The fraction of sp³-hybridized carbons (Fsp3) is 0.625. The third kappa shape index (κ3) is 3.71. The standard InChI is InChI=1S/C16H23N3O4S/c1-16(2)6-10-11(8-23-16)24-14(12(10)13(17)20)19-15(21)18-7-9-4-3-5-22-9/h9H,3-8H2,1-2H3,(H2,17,20)(H2,18,19,21)/t9-/m1/s1. The third-order valence-electron chi connectivity index (χ3n) is 4.27. The van der Waals surface area contributed by atoms with Crippen LogP contribution in [-0.4, -0.2) is 36.8 Å². The summed E-state index contributed by atoms with van der Waals surface area (Å²) in [6.07, 6.45) is 2.63. The van der Waals surface area contributed by atoms with Crippen LogP contribution in [0.4, 0.5) is 9.80 Å².